The first-order valence-corrected chi connectivity index (χ1v) is 7.09. The Morgan fingerprint density at radius 2 is 1.94 bits per heavy atom. The second-order valence-corrected chi connectivity index (χ2v) is 5.66. The van der Waals surface area contributed by atoms with E-state index in [0.717, 1.165) is 24.8 Å². The topological polar surface area (TPSA) is 32.3 Å². The van der Waals surface area contributed by atoms with Gasteiger partial charge in [0.25, 0.3) is 0 Å². The molecule has 1 aliphatic rings. The Morgan fingerprint density at radius 3 is 2.39 bits per heavy atom. The molecule has 0 amide bonds. The van der Waals surface area contributed by atoms with Gasteiger partial charge in [0.05, 0.1) is 0 Å². The SMILES string of the molecule is CCC(C)c1ccc(C(O)(CNC)C2CC2)cc1. The van der Waals surface area contributed by atoms with Crippen molar-refractivity contribution in [2.45, 2.75) is 44.6 Å². The average molecular weight is 247 g/mol. The van der Waals surface area contributed by atoms with E-state index in [1.165, 1.54) is 5.56 Å². The number of aliphatic hydroxyl groups is 1. The molecule has 1 saturated carbocycles. The van der Waals surface area contributed by atoms with Crippen LogP contribution in [0.5, 0.6) is 0 Å². The van der Waals surface area contributed by atoms with Gasteiger partial charge in [-0.3, -0.25) is 0 Å². The Labute approximate surface area is 110 Å². The molecule has 0 spiro atoms. The highest BCUT2D eigenvalue weighted by atomic mass is 16.3. The predicted octanol–water partition coefficient (Wildman–Crippen LogP) is 3.02. The van der Waals surface area contributed by atoms with Crippen molar-refractivity contribution in [1.29, 1.82) is 0 Å². The van der Waals surface area contributed by atoms with Crippen LogP contribution in [0.25, 0.3) is 0 Å². The van der Waals surface area contributed by atoms with Gasteiger partial charge in [0.1, 0.15) is 5.60 Å². The summed E-state index contributed by atoms with van der Waals surface area (Å²) in [6.07, 6.45) is 3.44. The molecule has 2 unspecified atom stereocenters. The van der Waals surface area contributed by atoms with Gasteiger partial charge in [0.2, 0.25) is 0 Å². The molecule has 1 aromatic rings. The van der Waals surface area contributed by atoms with E-state index in [4.69, 9.17) is 0 Å². The molecular formula is C16H25NO. The number of likely N-dealkylation sites (N-methyl/N-ethyl adjacent to an activating group) is 1. The Hall–Kier alpha value is -0.860. The molecule has 1 fully saturated rings. The van der Waals surface area contributed by atoms with E-state index in [-0.39, 0.29) is 0 Å². The second-order valence-electron chi connectivity index (χ2n) is 5.66. The number of rotatable bonds is 6. The van der Waals surface area contributed by atoms with Crippen molar-refractivity contribution in [1.82, 2.24) is 5.32 Å². The van der Waals surface area contributed by atoms with Crippen molar-refractivity contribution in [3.8, 4) is 0 Å². The number of hydrogen-bond donors (Lipinski definition) is 2. The summed E-state index contributed by atoms with van der Waals surface area (Å²) in [5.41, 5.74) is 1.75. The van der Waals surface area contributed by atoms with Gasteiger partial charge in [0.15, 0.2) is 0 Å². The zero-order valence-corrected chi connectivity index (χ0v) is 11.7. The van der Waals surface area contributed by atoms with Gasteiger partial charge in [0, 0.05) is 6.54 Å². The van der Waals surface area contributed by atoms with Gasteiger partial charge < -0.3 is 10.4 Å². The van der Waals surface area contributed by atoms with E-state index in [1.807, 2.05) is 7.05 Å². The number of nitrogens with one attached hydrogen (secondary N) is 1. The molecule has 2 nitrogen and oxygen atoms in total. The van der Waals surface area contributed by atoms with Gasteiger partial charge >= 0.3 is 0 Å². The summed E-state index contributed by atoms with van der Waals surface area (Å²) in [5, 5.41) is 14.0. The van der Waals surface area contributed by atoms with Crippen molar-refractivity contribution in [3.63, 3.8) is 0 Å². The lowest BCUT2D eigenvalue weighted by molar-refractivity contribution is 0.0153. The summed E-state index contributed by atoms with van der Waals surface area (Å²) in [4.78, 5) is 0. The van der Waals surface area contributed by atoms with E-state index >= 15 is 0 Å². The molecule has 0 aliphatic heterocycles. The second kappa shape index (κ2) is 5.41. The Morgan fingerprint density at radius 1 is 1.33 bits per heavy atom. The van der Waals surface area contributed by atoms with Crippen LogP contribution in [0.3, 0.4) is 0 Å². The Kier molecular flexibility index (Phi) is 4.08. The maximum absolute atomic E-state index is 10.8. The highest BCUT2D eigenvalue weighted by molar-refractivity contribution is 5.31. The van der Waals surface area contributed by atoms with Gasteiger partial charge in [-0.15, -0.1) is 0 Å². The molecule has 2 heteroatoms. The van der Waals surface area contributed by atoms with Gasteiger partial charge in [-0.1, -0.05) is 38.1 Å². The lowest BCUT2D eigenvalue weighted by Gasteiger charge is -2.29. The van der Waals surface area contributed by atoms with Crippen LogP contribution in [0.1, 0.15) is 50.2 Å². The molecule has 0 radical (unpaired) electrons. The molecule has 2 rings (SSSR count). The molecule has 0 aromatic heterocycles. The predicted molar refractivity (Wildman–Crippen MR) is 75.7 cm³/mol. The first-order valence-electron chi connectivity index (χ1n) is 7.09. The Balaban J connectivity index is 2.21. The fourth-order valence-electron chi connectivity index (χ4n) is 2.65. The lowest BCUT2D eigenvalue weighted by Crippen LogP contribution is -2.38. The minimum atomic E-state index is -0.678. The highest BCUT2D eigenvalue weighted by Gasteiger charge is 2.44. The Bertz CT molecular complexity index is 383. The molecule has 1 aliphatic carbocycles. The first kappa shape index (κ1) is 13.6. The van der Waals surface area contributed by atoms with Crippen molar-refractivity contribution in [2.24, 2.45) is 5.92 Å². The summed E-state index contributed by atoms with van der Waals surface area (Å²) in [5.74, 6) is 1.02. The van der Waals surface area contributed by atoms with Crippen molar-refractivity contribution < 1.29 is 5.11 Å². The molecule has 100 valence electrons. The highest BCUT2D eigenvalue weighted by Crippen LogP contribution is 2.45. The van der Waals surface area contributed by atoms with Crippen molar-refractivity contribution >= 4 is 0 Å². The zero-order chi connectivity index (χ0) is 13.2. The molecule has 1 aromatic carbocycles. The zero-order valence-electron chi connectivity index (χ0n) is 11.7. The van der Waals surface area contributed by atoms with Gasteiger partial charge in [-0.25, -0.2) is 0 Å². The van der Waals surface area contributed by atoms with Crippen LogP contribution in [0, 0.1) is 5.92 Å². The summed E-state index contributed by atoms with van der Waals surface area (Å²) in [7, 11) is 1.90. The van der Waals surface area contributed by atoms with E-state index in [9.17, 15) is 5.11 Å². The number of hydrogen-bond acceptors (Lipinski definition) is 2. The lowest BCUT2D eigenvalue weighted by atomic mass is 9.87. The van der Waals surface area contributed by atoms with Crippen LogP contribution in [0.15, 0.2) is 24.3 Å². The third-order valence-corrected chi connectivity index (χ3v) is 4.29. The van der Waals surface area contributed by atoms with E-state index in [1.54, 1.807) is 0 Å². The summed E-state index contributed by atoms with van der Waals surface area (Å²) >= 11 is 0. The van der Waals surface area contributed by atoms with Crippen LogP contribution >= 0.6 is 0 Å². The molecule has 2 atom stereocenters. The molecule has 0 bridgehead atoms. The quantitative estimate of drug-likeness (QED) is 0.810. The first-order chi connectivity index (χ1) is 8.61. The standard InChI is InChI=1S/C16H25NO/c1-4-12(2)13-5-7-14(8-6-13)16(18,11-17-3)15-9-10-15/h5-8,12,15,17-18H,4,9-11H2,1-3H3. The average Bonchev–Trinajstić information content (AvgIpc) is 3.23. The van der Waals surface area contributed by atoms with Crippen LogP contribution in [0.4, 0.5) is 0 Å². The third kappa shape index (κ3) is 2.60. The van der Waals surface area contributed by atoms with Crippen LogP contribution in [-0.4, -0.2) is 18.7 Å². The number of benzene rings is 1. The molecule has 0 heterocycles. The summed E-state index contributed by atoms with van der Waals surface area (Å²) in [6.45, 7) is 5.09. The molecule has 18 heavy (non-hydrogen) atoms. The smallest absolute Gasteiger partial charge is 0.105 e. The normalized spacial score (nSPS) is 20.4. The van der Waals surface area contributed by atoms with Gasteiger partial charge in [-0.05, 0) is 49.3 Å². The van der Waals surface area contributed by atoms with Crippen molar-refractivity contribution in [3.05, 3.63) is 35.4 Å². The molecular weight excluding hydrogens is 222 g/mol. The van der Waals surface area contributed by atoms with E-state index in [2.05, 4.69) is 43.4 Å². The minimum absolute atomic E-state index is 0.430. The summed E-state index contributed by atoms with van der Waals surface area (Å²) in [6, 6.07) is 8.56. The third-order valence-electron chi connectivity index (χ3n) is 4.29. The van der Waals surface area contributed by atoms with Crippen LogP contribution in [0.2, 0.25) is 0 Å². The monoisotopic (exact) mass is 247 g/mol. The maximum atomic E-state index is 10.8. The van der Waals surface area contributed by atoms with Crippen LogP contribution < -0.4 is 5.32 Å². The largest absolute Gasteiger partial charge is 0.384 e. The maximum Gasteiger partial charge on any atom is 0.105 e. The van der Waals surface area contributed by atoms with E-state index < -0.39 is 5.60 Å². The fourth-order valence-corrected chi connectivity index (χ4v) is 2.65. The fraction of sp³-hybridized carbons (Fsp3) is 0.625. The minimum Gasteiger partial charge on any atom is -0.384 e. The van der Waals surface area contributed by atoms with Gasteiger partial charge in [-0.2, -0.15) is 0 Å². The van der Waals surface area contributed by atoms with E-state index in [0.29, 0.717) is 18.4 Å². The summed E-state index contributed by atoms with van der Waals surface area (Å²) < 4.78 is 0. The molecule has 2 N–H and O–H groups in total. The van der Waals surface area contributed by atoms with Crippen LogP contribution in [-0.2, 0) is 5.60 Å². The van der Waals surface area contributed by atoms with Crippen molar-refractivity contribution in [2.75, 3.05) is 13.6 Å². The molecule has 0 saturated heterocycles.